The van der Waals surface area contributed by atoms with Crippen LogP contribution in [0.2, 0.25) is 5.02 Å². The van der Waals surface area contributed by atoms with E-state index in [1.807, 2.05) is 6.92 Å². The molecule has 0 spiro atoms. The molecule has 2 nitrogen and oxygen atoms in total. The molecule has 0 radical (unpaired) electrons. The van der Waals surface area contributed by atoms with Crippen molar-refractivity contribution in [3.63, 3.8) is 0 Å². The first kappa shape index (κ1) is 9.07. The second-order valence-corrected chi connectivity index (χ2v) is 2.82. The smallest absolute Gasteiger partial charge is 0.153 e. The number of aldehydes is 1. The first-order valence-electron chi connectivity index (χ1n) is 3.49. The molecule has 0 fully saturated rings. The lowest BCUT2D eigenvalue weighted by atomic mass is 10.1. The van der Waals surface area contributed by atoms with Gasteiger partial charge in [0, 0.05) is 10.6 Å². The molecular formula is C9H9ClO2. The van der Waals surface area contributed by atoms with Crippen molar-refractivity contribution >= 4 is 17.9 Å². The monoisotopic (exact) mass is 184 g/mol. The Hall–Kier alpha value is -1.02. The van der Waals surface area contributed by atoms with Crippen molar-refractivity contribution < 1.29 is 9.53 Å². The Balaban J connectivity index is 3.35. The summed E-state index contributed by atoms with van der Waals surface area (Å²) in [5, 5.41) is 0.609. The van der Waals surface area contributed by atoms with Gasteiger partial charge in [0.1, 0.15) is 5.75 Å². The Morgan fingerprint density at radius 3 is 2.67 bits per heavy atom. The van der Waals surface area contributed by atoms with E-state index in [2.05, 4.69) is 0 Å². The molecule has 0 aliphatic rings. The third-order valence-electron chi connectivity index (χ3n) is 1.70. The maximum absolute atomic E-state index is 10.5. The van der Waals surface area contributed by atoms with Crippen LogP contribution in [-0.4, -0.2) is 13.4 Å². The molecule has 0 aromatic heterocycles. The standard InChI is InChI=1S/C9H9ClO2/c1-6-8(10)4-3-7(5-11)9(6)12-2/h3-5H,1-2H3. The minimum atomic E-state index is 0.527. The zero-order chi connectivity index (χ0) is 9.14. The number of carbonyl (C=O) groups excluding carboxylic acids is 1. The maximum Gasteiger partial charge on any atom is 0.153 e. The second-order valence-electron chi connectivity index (χ2n) is 2.41. The molecule has 0 heterocycles. The zero-order valence-corrected chi connectivity index (χ0v) is 7.68. The molecule has 12 heavy (non-hydrogen) atoms. The minimum absolute atomic E-state index is 0.527. The summed E-state index contributed by atoms with van der Waals surface area (Å²) in [5.41, 5.74) is 1.32. The SMILES string of the molecule is COc1c(C=O)ccc(Cl)c1C. The molecule has 64 valence electrons. The van der Waals surface area contributed by atoms with Crippen molar-refractivity contribution in [2.75, 3.05) is 7.11 Å². The topological polar surface area (TPSA) is 26.3 Å². The van der Waals surface area contributed by atoms with Gasteiger partial charge in [0.15, 0.2) is 6.29 Å². The van der Waals surface area contributed by atoms with E-state index in [1.165, 1.54) is 7.11 Å². The molecular weight excluding hydrogens is 176 g/mol. The van der Waals surface area contributed by atoms with Crippen LogP contribution in [0.25, 0.3) is 0 Å². The number of ether oxygens (including phenoxy) is 1. The molecule has 0 bridgehead atoms. The summed E-state index contributed by atoms with van der Waals surface area (Å²) in [5.74, 6) is 0.553. The van der Waals surface area contributed by atoms with Gasteiger partial charge in [-0.05, 0) is 19.1 Å². The van der Waals surface area contributed by atoms with E-state index in [-0.39, 0.29) is 0 Å². The van der Waals surface area contributed by atoms with Crippen LogP contribution < -0.4 is 4.74 Å². The van der Waals surface area contributed by atoms with E-state index < -0.39 is 0 Å². The number of halogens is 1. The van der Waals surface area contributed by atoms with Crippen LogP contribution in [0.3, 0.4) is 0 Å². The van der Waals surface area contributed by atoms with E-state index in [1.54, 1.807) is 12.1 Å². The van der Waals surface area contributed by atoms with Crippen molar-refractivity contribution in [3.05, 3.63) is 28.3 Å². The molecule has 0 N–H and O–H groups in total. The van der Waals surface area contributed by atoms with E-state index in [0.29, 0.717) is 16.3 Å². The third-order valence-corrected chi connectivity index (χ3v) is 2.11. The normalized spacial score (nSPS) is 9.58. The van der Waals surface area contributed by atoms with Crippen molar-refractivity contribution in [3.8, 4) is 5.75 Å². The fourth-order valence-corrected chi connectivity index (χ4v) is 1.20. The van der Waals surface area contributed by atoms with Gasteiger partial charge in [0.05, 0.1) is 12.7 Å². The van der Waals surface area contributed by atoms with Gasteiger partial charge < -0.3 is 4.74 Å². The lowest BCUT2D eigenvalue weighted by Crippen LogP contribution is -1.93. The highest BCUT2D eigenvalue weighted by Crippen LogP contribution is 2.28. The predicted molar refractivity (Wildman–Crippen MR) is 48.1 cm³/mol. The maximum atomic E-state index is 10.5. The number of rotatable bonds is 2. The van der Waals surface area contributed by atoms with Gasteiger partial charge in [0.25, 0.3) is 0 Å². The first-order chi connectivity index (χ1) is 5.70. The summed E-state index contributed by atoms with van der Waals surface area (Å²) in [6.07, 6.45) is 0.752. The van der Waals surface area contributed by atoms with Gasteiger partial charge >= 0.3 is 0 Å². The van der Waals surface area contributed by atoms with Gasteiger partial charge in [-0.15, -0.1) is 0 Å². The fraction of sp³-hybridized carbons (Fsp3) is 0.222. The average Bonchev–Trinajstić information content (AvgIpc) is 2.09. The van der Waals surface area contributed by atoms with Crippen molar-refractivity contribution in [2.24, 2.45) is 0 Å². The van der Waals surface area contributed by atoms with Gasteiger partial charge in [-0.2, -0.15) is 0 Å². The van der Waals surface area contributed by atoms with Crippen molar-refractivity contribution in [1.29, 1.82) is 0 Å². The Morgan fingerprint density at radius 2 is 2.17 bits per heavy atom. The lowest BCUT2D eigenvalue weighted by molar-refractivity contribution is 0.112. The van der Waals surface area contributed by atoms with Crippen LogP contribution in [0.5, 0.6) is 5.75 Å². The van der Waals surface area contributed by atoms with Crippen LogP contribution in [0.15, 0.2) is 12.1 Å². The first-order valence-corrected chi connectivity index (χ1v) is 3.86. The molecule has 0 atom stereocenters. The third kappa shape index (κ3) is 1.43. The Kier molecular flexibility index (Phi) is 2.71. The second kappa shape index (κ2) is 3.59. The summed E-state index contributed by atoms with van der Waals surface area (Å²) in [6, 6.07) is 3.32. The number of carbonyl (C=O) groups is 1. The predicted octanol–water partition coefficient (Wildman–Crippen LogP) is 2.47. The molecule has 0 unspecified atom stereocenters. The number of hydrogen-bond donors (Lipinski definition) is 0. The van der Waals surface area contributed by atoms with E-state index in [0.717, 1.165) is 11.8 Å². The van der Waals surface area contributed by atoms with Crippen LogP contribution in [-0.2, 0) is 0 Å². The number of benzene rings is 1. The zero-order valence-electron chi connectivity index (χ0n) is 6.93. The molecule has 1 aromatic rings. The molecule has 0 saturated carbocycles. The largest absolute Gasteiger partial charge is 0.496 e. The van der Waals surface area contributed by atoms with Gasteiger partial charge in [-0.25, -0.2) is 0 Å². The van der Waals surface area contributed by atoms with Crippen LogP contribution in [0, 0.1) is 6.92 Å². The van der Waals surface area contributed by atoms with Crippen LogP contribution >= 0.6 is 11.6 Å². The Labute approximate surface area is 76.1 Å². The fourth-order valence-electron chi connectivity index (χ4n) is 1.05. The summed E-state index contributed by atoms with van der Waals surface area (Å²) < 4.78 is 5.03. The minimum Gasteiger partial charge on any atom is -0.496 e. The van der Waals surface area contributed by atoms with Gasteiger partial charge in [-0.1, -0.05) is 11.6 Å². The van der Waals surface area contributed by atoms with Crippen LogP contribution in [0.1, 0.15) is 15.9 Å². The van der Waals surface area contributed by atoms with E-state index in [4.69, 9.17) is 16.3 Å². The molecule has 1 aromatic carbocycles. The van der Waals surface area contributed by atoms with Crippen molar-refractivity contribution in [1.82, 2.24) is 0 Å². The van der Waals surface area contributed by atoms with E-state index in [9.17, 15) is 4.79 Å². The van der Waals surface area contributed by atoms with E-state index >= 15 is 0 Å². The molecule has 0 saturated heterocycles. The molecule has 0 aliphatic carbocycles. The highest BCUT2D eigenvalue weighted by atomic mass is 35.5. The van der Waals surface area contributed by atoms with Crippen LogP contribution in [0.4, 0.5) is 0 Å². The molecule has 0 amide bonds. The number of methoxy groups -OCH3 is 1. The molecule has 0 aliphatic heterocycles. The quantitative estimate of drug-likeness (QED) is 0.660. The summed E-state index contributed by atoms with van der Waals surface area (Å²) in [6.45, 7) is 1.81. The highest BCUT2D eigenvalue weighted by molar-refractivity contribution is 6.31. The average molecular weight is 185 g/mol. The summed E-state index contributed by atoms with van der Waals surface area (Å²) >= 11 is 5.83. The highest BCUT2D eigenvalue weighted by Gasteiger charge is 2.07. The van der Waals surface area contributed by atoms with Crippen molar-refractivity contribution in [2.45, 2.75) is 6.92 Å². The molecule has 3 heteroatoms. The van der Waals surface area contributed by atoms with Gasteiger partial charge in [0.2, 0.25) is 0 Å². The van der Waals surface area contributed by atoms with Gasteiger partial charge in [-0.3, -0.25) is 4.79 Å². The summed E-state index contributed by atoms with van der Waals surface area (Å²) in [7, 11) is 1.52. The Morgan fingerprint density at radius 1 is 1.50 bits per heavy atom. The number of hydrogen-bond acceptors (Lipinski definition) is 2. The Bertz CT molecular complexity index is 308. The summed E-state index contributed by atoms with van der Waals surface area (Å²) in [4.78, 5) is 10.5. The lowest BCUT2D eigenvalue weighted by Gasteiger charge is -2.07. The molecule has 1 rings (SSSR count).